The third-order valence-electron chi connectivity index (χ3n) is 2.48. The smallest absolute Gasteiger partial charge is 0.179 e. The van der Waals surface area contributed by atoms with E-state index in [9.17, 15) is 0 Å². The highest BCUT2D eigenvalue weighted by Gasteiger charge is 2.11. The van der Waals surface area contributed by atoms with Crippen LogP contribution in [0.3, 0.4) is 0 Å². The Balaban J connectivity index is 2.18. The number of thiophene rings is 1. The summed E-state index contributed by atoms with van der Waals surface area (Å²) in [6, 6.07) is 4.49. The SMILES string of the molecule is CC(C)Nc1cc(-c2cc(C(C)C)cs2)on1. The van der Waals surface area contributed by atoms with Gasteiger partial charge >= 0.3 is 0 Å². The predicted octanol–water partition coefficient (Wildman–Crippen LogP) is 4.35. The molecule has 2 aromatic rings. The van der Waals surface area contributed by atoms with Crippen LogP contribution >= 0.6 is 11.3 Å². The van der Waals surface area contributed by atoms with Gasteiger partial charge in [0.05, 0.1) is 4.88 Å². The van der Waals surface area contributed by atoms with Crippen molar-refractivity contribution in [2.45, 2.75) is 39.7 Å². The molecule has 0 aliphatic rings. The van der Waals surface area contributed by atoms with Crippen LogP contribution in [0.2, 0.25) is 0 Å². The first-order valence-corrected chi connectivity index (χ1v) is 6.76. The number of anilines is 1. The van der Waals surface area contributed by atoms with E-state index in [0.717, 1.165) is 16.5 Å². The van der Waals surface area contributed by atoms with Gasteiger partial charge in [0.1, 0.15) is 0 Å². The zero-order chi connectivity index (χ0) is 12.4. The number of hydrogen-bond acceptors (Lipinski definition) is 4. The quantitative estimate of drug-likeness (QED) is 0.876. The van der Waals surface area contributed by atoms with Crippen molar-refractivity contribution in [3.05, 3.63) is 23.1 Å². The average Bonchev–Trinajstić information content (AvgIpc) is 2.83. The molecule has 0 radical (unpaired) electrons. The van der Waals surface area contributed by atoms with Crippen LogP contribution in [-0.4, -0.2) is 11.2 Å². The van der Waals surface area contributed by atoms with Crippen molar-refractivity contribution in [3.63, 3.8) is 0 Å². The molecule has 92 valence electrons. The molecular weight excluding hydrogens is 232 g/mol. The van der Waals surface area contributed by atoms with Gasteiger partial charge in [-0.3, -0.25) is 0 Å². The second kappa shape index (κ2) is 4.92. The summed E-state index contributed by atoms with van der Waals surface area (Å²) in [5.41, 5.74) is 1.35. The van der Waals surface area contributed by atoms with E-state index in [4.69, 9.17) is 4.52 Å². The van der Waals surface area contributed by atoms with Crippen LogP contribution in [0.1, 0.15) is 39.2 Å². The van der Waals surface area contributed by atoms with Crippen LogP contribution < -0.4 is 5.32 Å². The summed E-state index contributed by atoms with van der Waals surface area (Å²) in [6.45, 7) is 8.54. The molecule has 2 rings (SSSR count). The maximum absolute atomic E-state index is 5.34. The molecule has 0 unspecified atom stereocenters. The van der Waals surface area contributed by atoms with Gasteiger partial charge < -0.3 is 9.84 Å². The van der Waals surface area contributed by atoms with Gasteiger partial charge in [0.15, 0.2) is 11.6 Å². The van der Waals surface area contributed by atoms with Crippen LogP contribution in [0.5, 0.6) is 0 Å². The van der Waals surface area contributed by atoms with Gasteiger partial charge in [-0.05, 0) is 36.8 Å². The van der Waals surface area contributed by atoms with E-state index in [-0.39, 0.29) is 0 Å². The Morgan fingerprint density at radius 3 is 2.59 bits per heavy atom. The van der Waals surface area contributed by atoms with Crippen LogP contribution in [0.4, 0.5) is 5.82 Å². The Morgan fingerprint density at radius 1 is 1.24 bits per heavy atom. The molecule has 0 saturated carbocycles. The summed E-state index contributed by atoms with van der Waals surface area (Å²) >= 11 is 1.70. The van der Waals surface area contributed by atoms with Crippen molar-refractivity contribution in [2.75, 3.05) is 5.32 Å². The number of aromatic nitrogens is 1. The van der Waals surface area contributed by atoms with E-state index in [1.165, 1.54) is 5.56 Å². The summed E-state index contributed by atoms with van der Waals surface area (Å²) < 4.78 is 5.34. The number of rotatable bonds is 4. The number of nitrogens with one attached hydrogen (secondary N) is 1. The Hall–Kier alpha value is -1.29. The van der Waals surface area contributed by atoms with E-state index in [0.29, 0.717) is 12.0 Å². The molecular formula is C13H18N2OS. The van der Waals surface area contributed by atoms with Gasteiger partial charge in [0, 0.05) is 12.1 Å². The predicted molar refractivity (Wildman–Crippen MR) is 72.7 cm³/mol. The summed E-state index contributed by atoms with van der Waals surface area (Å²) in [6.07, 6.45) is 0. The van der Waals surface area contributed by atoms with E-state index < -0.39 is 0 Å². The first-order valence-electron chi connectivity index (χ1n) is 5.88. The topological polar surface area (TPSA) is 38.1 Å². The fourth-order valence-electron chi connectivity index (χ4n) is 1.54. The fourth-order valence-corrected chi connectivity index (χ4v) is 2.56. The molecule has 4 heteroatoms. The number of hydrogen-bond donors (Lipinski definition) is 1. The van der Waals surface area contributed by atoms with Gasteiger partial charge in [-0.25, -0.2) is 0 Å². The van der Waals surface area contributed by atoms with E-state index in [1.807, 2.05) is 6.07 Å². The monoisotopic (exact) mass is 250 g/mol. The normalized spacial score (nSPS) is 11.4. The average molecular weight is 250 g/mol. The lowest BCUT2D eigenvalue weighted by Gasteiger charge is -2.03. The van der Waals surface area contributed by atoms with Crippen LogP contribution in [0.15, 0.2) is 22.0 Å². The molecule has 1 N–H and O–H groups in total. The van der Waals surface area contributed by atoms with E-state index in [1.54, 1.807) is 11.3 Å². The van der Waals surface area contributed by atoms with Gasteiger partial charge in [-0.1, -0.05) is 19.0 Å². The summed E-state index contributed by atoms with van der Waals surface area (Å²) in [5.74, 6) is 2.19. The molecule has 0 spiro atoms. The molecule has 2 heterocycles. The third kappa shape index (κ3) is 2.88. The maximum Gasteiger partial charge on any atom is 0.179 e. The zero-order valence-electron chi connectivity index (χ0n) is 10.7. The molecule has 0 aromatic carbocycles. The molecule has 0 fully saturated rings. The van der Waals surface area contributed by atoms with Gasteiger partial charge in [0.25, 0.3) is 0 Å². The summed E-state index contributed by atoms with van der Waals surface area (Å²) in [7, 11) is 0. The highest BCUT2D eigenvalue weighted by atomic mass is 32.1. The molecule has 0 saturated heterocycles. The minimum Gasteiger partial charge on any atom is -0.365 e. The Kier molecular flexibility index (Phi) is 3.52. The Bertz CT molecular complexity index is 485. The molecule has 3 nitrogen and oxygen atoms in total. The van der Waals surface area contributed by atoms with Crippen molar-refractivity contribution in [2.24, 2.45) is 0 Å². The van der Waals surface area contributed by atoms with Crippen LogP contribution in [0.25, 0.3) is 10.6 Å². The lowest BCUT2D eigenvalue weighted by atomic mass is 10.1. The van der Waals surface area contributed by atoms with Crippen molar-refractivity contribution in [3.8, 4) is 10.6 Å². The molecule has 2 aromatic heterocycles. The van der Waals surface area contributed by atoms with Gasteiger partial charge in [-0.2, -0.15) is 0 Å². The van der Waals surface area contributed by atoms with Crippen molar-refractivity contribution in [1.29, 1.82) is 0 Å². The lowest BCUT2D eigenvalue weighted by molar-refractivity contribution is 0.435. The van der Waals surface area contributed by atoms with Crippen LogP contribution in [0, 0.1) is 0 Å². The largest absolute Gasteiger partial charge is 0.365 e. The second-order valence-electron chi connectivity index (χ2n) is 4.77. The Labute approximate surface area is 106 Å². The lowest BCUT2D eigenvalue weighted by Crippen LogP contribution is -2.09. The molecule has 0 atom stereocenters. The van der Waals surface area contributed by atoms with Gasteiger partial charge in [0.2, 0.25) is 0 Å². The van der Waals surface area contributed by atoms with E-state index in [2.05, 4.69) is 49.6 Å². The molecule has 0 aliphatic heterocycles. The number of nitrogens with zero attached hydrogens (tertiary/aromatic N) is 1. The minimum atomic E-state index is 0.363. The minimum absolute atomic E-state index is 0.363. The van der Waals surface area contributed by atoms with Gasteiger partial charge in [-0.15, -0.1) is 11.3 Å². The molecule has 0 amide bonds. The molecule has 0 aliphatic carbocycles. The van der Waals surface area contributed by atoms with E-state index >= 15 is 0 Å². The zero-order valence-corrected chi connectivity index (χ0v) is 11.5. The fraction of sp³-hybridized carbons (Fsp3) is 0.462. The van der Waals surface area contributed by atoms with Crippen molar-refractivity contribution in [1.82, 2.24) is 5.16 Å². The van der Waals surface area contributed by atoms with Crippen molar-refractivity contribution < 1.29 is 4.52 Å². The highest BCUT2D eigenvalue weighted by Crippen LogP contribution is 2.31. The molecule has 0 bridgehead atoms. The highest BCUT2D eigenvalue weighted by molar-refractivity contribution is 7.13. The van der Waals surface area contributed by atoms with Crippen LogP contribution in [-0.2, 0) is 0 Å². The maximum atomic E-state index is 5.34. The van der Waals surface area contributed by atoms with Crippen molar-refractivity contribution >= 4 is 17.2 Å². The first kappa shape index (κ1) is 12.2. The third-order valence-corrected chi connectivity index (χ3v) is 3.44. The Morgan fingerprint density at radius 2 is 2.00 bits per heavy atom. The molecule has 17 heavy (non-hydrogen) atoms. The standard InChI is InChI=1S/C13H18N2OS/c1-8(2)10-5-12(17-7-10)11-6-13(15-16-11)14-9(3)4/h5-9H,1-4H3,(H,14,15). The summed E-state index contributed by atoms with van der Waals surface area (Å²) in [5, 5.41) is 9.41. The summed E-state index contributed by atoms with van der Waals surface area (Å²) in [4.78, 5) is 1.14. The second-order valence-corrected chi connectivity index (χ2v) is 5.69. The first-order chi connectivity index (χ1) is 8.06.